The number of pyridine rings is 1. The van der Waals surface area contributed by atoms with E-state index in [1.165, 1.54) is 7.11 Å². The zero-order valence-corrected chi connectivity index (χ0v) is 15.6. The maximum Gasteiger partial charge on any atom is 0.337 e. The van der Waals surface area contributed by atoms with Crippen molar-refractivity contribution >= 4 is 18.4 Å². The van der Waals surface area contributed by atoms with Gasteiger partial charge in [0.2, 0.25) is 0 Å². The van der Waals surface area contributed by atoms with Gasteiger partial charge in [0.25, 0.3) is 5.56 Å². The second-order valence-electron chi connectivity index (χ2n) is 7.08. The number of hydrogen-bond donors (Lipinski definition) is 0. The van der Waals surface area contributed by atoms with E-state index in [2.05, 4.69) is 17.0 Å². The van der Waals surface area contributed by atoms with Crippen LogP contribution < -0.4 is 5.56 Å². The molecule has 2 aliphatic rings. The summed E-state index contributed by atoms with van der Waals surface area (Å²) in [5.41, 5.74) is 2.99. The number of hydrogen-bond acceptors (Lipinski definition) is 4. The molecular weight excluding hydrogens is 352 g/mol. The lowest BCUT2D eigenvalue weighted by atomic mass is 9.83. The Kier molecular flexibility index (Phi) is 5.49. The van der Waals surface area contributed by atoms with Gasteiger partial charge in [0, 0.05) is 43.9 Å². The SMILES string of the molecule is COC(=O)c1cccc(CN2CC3CC(C2)c2cccc(=O)n2C3)c1.Cl. The van der Waals surface area contributed by atoms with Crippen LogP contribution in [0, 0.1) is 5.92 Å². The Morgan fingerprint density at radius 2 is 1.96 bits per heavy atom. The fraction of sp³-hybridized carbons (Fsp3) is 0.400. The fourth-order valence-electron chi connectivity index (χ4n) is 4.30. The first-order chi connectivity index (χ1) is 12.1. The van der Waals surface area contributed by atoms with Crippen molar-refractivity contribution in [3.63, 3.8) is 0 Å². The molecule has 2 bridgehead atoms. The minimum absolute atomic E-state index is 0. The maximum absolute atomic E-state index is 12.1. The summed E-state index contributed by atoms with van der Waals surface area (Å²) >= 11 is 0. The highest BCUT2D eigenvalue weighted by molar-refractivity contribution is 5.89. The van der Waals surface area contributed by atoms with Crippen molar-refractivity contribution < 1.29 is 9.53 Å². The van der Waals surface area contributed by atoms with E-state index in [9.17, 15) is 9.59 Å². The molecule has 5 nitrogen and oxygen atoms in total. The van der Waals surface area contributed by atoms with Gasteiger partial charge in [-0.15, -0.1) is 12.4 Å². The van der Waals surface area contributed by atoms with Gasteiger partial charge in [-0.25, -0.2) is 4.79 Å². The van der Waals surface area contributed by atoms with E-state index in [0.29, 0.717) is 17.4 Å². The van der Waals surface area contributed by atoms with Gasteiger partial charge in [-0.1, -0.05) is 18.2 Å². The van der Waals surface area contributed by atoms with Crippen molar-refractivity contribution in [1.29, 1.82) is 0 Å². The van der Waals surface area contributed by atoms with Gasteiger partial charge in [0.1, 0.15) is 0 Å². The standard InChI is InChI=1S/C20H22N2O3.ClH/c1-25-20(24)16-5-2-4-14(8-16)10-21-11-15-9-17(13-21)18-6-3-7-19(23)22(18)12-15;/h2-8,15,17H,9-13H2,1H3;1H. The predicted molar refractivity (Wildman–Crippen MR) is 102 cm³/mol. The number of nitrogens with zero attached hydrogens (tertiary/aromatic N) is 2. The maximum atomic E-state index is 12.1. The Morgan fingerprint density at radius 1 is 1.15 bits per heavy atom. The number of piperidine rings is 1. The molecule has 0 saturated carbocycles. The molecule has 0 radical (unpaired) electrons. The van der Waals surface area contributed by atoms with Crippen LogP contribution in [0.15, 0.2) is 47.3 Å². The van der Waals surface area contributed by atoms with E-state index < -0.39 is 0 Å². The third kappa shape index (κ3) is 3.55. The molecule has 4 rings (SSSR count). The van der Waals surface area contributed by atoms with Gasteiger partial charge in [0.05, 0.1) is 12.7 Å². The van der Waals surface area contributed by atoms with Crippen molar-refractivity contribution in [1.82, 2.24) is 9.47 Å². The van der Waals surface area contributed by atoms with Gasteiger partial charge in [-0.2, -0.15) is 0 Å². The smallest absolute Gasteiger partial charge is 0.337 e. The van der Waals surface area contributed by atoms with Crippen LogP contribution in [0.25, 0.3) is 0 Å². The number of carbonyl (C=O) groups is 1. The van der Waals surface area contributed by atoms with Gasteiger partial charge in [-0.3, -0.25) is 9.69 Å². The molecule has 0 N–H and O–H groups in total. The van der Waals surface area contributed by atoms with Crippen LogP contribution in [0.1, 0.15) is 34.0 Å². The molecule has 1 aromatic carbocycles. The van der Waals surface area contributed by atoms with Gasteiger partial charge in [-0.05, 0) is 36.1 Å². The summed E-state index contributed by atoms with van der Waals surface area (Å²) in [5.74, 6) is 0.617. The number of fused-ring (bicyclic) bond motifs is 4. The minimum atomic E-state index is -0.300. The summed E-state index contributed by atoms with van der Waals surface area (Å²) in [4.78, 5) is 26.3. The lowest BCUT2D eigenvalue weighted by Gasteiger charge is -2.42. The Labute approximate surface area is 159 Å². The summed E-state index contributed by atoms with van der Waals surface area (Å²) in [6.45, 7) is 3.56. The van der Waals surface area contributed by atoms with E-state index >= 15 is 0 Å². The highest BCUT2D eigenvalue weighted by Crippen LogP contribution is 2.35. The quantitative estimate of drug-likeness (QED) is 0.775. The predicted octanol–water partition coefficient (Wildman–Crippen LogP) is 2.68. The second kappa shape index (κ2) is 7.64. The lowest BCUT2D eigenvalue weighted by Crippen LogP contribution is -2.46. The molecule has 2 aliphatic heterocycles. The number of methoxy groups -OCH3 is 1. The molecule has 1 saturated heterocycles. The Morgan fingerprint density at radius 3 is 2.77 bits per heavy atom. The summed E-state index contributed by atoms with van der Waals surface area (Å²) in [7, 11) is 1.40. The third-order valence-corrected chi connectivity index (χ3v) is 5.31. The normalized spacial score (nSPS) is 21.4. The molecule has 3 heterocycles. The van der Waals surface area contributed by atoms with Gasteiger partial charge < -0.3 is 9.30 Å². The monoisotopic (exact) mass is 374 g/mol. The van der Waals surface area contributed by atoms with Crippen molar-refractivity contribution in [2.45, 2.75) is 25.4 Å². The Balaban J connectivity index is 0.00000196. The van der Waals surface area contributed by atoms with Crippen LogP contribution in [0.5, 0.6) is 0 Å². The van der Waals surface area contributed by atoms with E-state index in [1.54, 1.807) is 12.1 Å². The van der Waals surface area contributed by atoms with Gasteiger partial charge in [0.15, 0.2) is 0 Å². The molecule has 2 aromatic rings. The molecule has 0 aliphatic carbocycles. The minimum Gasteiger partial charge on any atom is -0.465 e. The first kappa shape index (κ1) is 18.7. The van der Waals surface area contributed by atoms with E-state index in [-0.39, 0.29) is 23.9 Å². The summed E-state index contributed by atoms with van der Waals surface area (Å²) in [6.07, 6.45) is 1.15. The first-order valence-electron chi connectivity index (χ1n) is 8.73. The van der Waals surface area contributed by atoms with Crippen LogP contribution >= 0.6 is 12.4 Å². The number of aromatic nitrogens is 1. The average molecular weight is 375 g/mol. The molecule has 0 spiro atoms. The van der Waals surface area contributed by atoms with E-state index in [1.807, 2.05) is 22.8 Å². The molecule has 1 aromatic heterocycles. The number of likely N-dealkylation sites (tertiary alicyclic amines) is 1. The van der Waals surface area contributed by atoms with Gasteiger partial charge >= 0.3 is 5.97 Å². The zero-order valence-electron chi connectivity index (χ0n) is 14.8. The van der Waals surface area contributed by atoms with Crippen molar-refractivity contribution in [3.8, 4) is 0 Å². The first-order valence-corrected chi connectivity index (χ1v) is 8.73. The number of carbonyl (C=O) groups excluding carboxylic acids is 1. The molecule has 138 valence electrons. The molecule has 26 heavy (non-hydrogen) atoms. The van der Waals surface area contributed by atoms with Crippen molar-refractivity contribution in [2.24, 2.45) is 5.92 Å². The van der Waals surface area contributed by atoms with Crippen LogP contribution in [0.2, 0.25) is 0 Å². The lowest BCUT2D eigenvalue weighted by molar-refractivity contribution is 0.0600. The Hall–Kier alpha value is -2.11. The summed E-state index contributed by atoms with van der Waals surface area (Å²) in [5, 5.41) is 0. The average Bonchev–Trinajstić information content (AvgIpc) is 2.62. The fourth-order valence-corrected chi connectivity index (χ4v) is 4.30. The molecule has 1 fully saturated rings. The van der Waals surface area contributed by atoms with Crippen LogP contribution in [0.3, 0.4) is 0 Å². The van der Waals surface area contributed by atoms with Crippen molar-refractivity contribution in [3.05, 3.63) is 69.6 Å². The number of esters is 1. The largest absolute Gasteiger partial charge is 0.465 e. The zero-order chi connectivity index (χ0) is 17.4. The molecule has 2 unspecified atom stereocenters. The summed E-state index contributed by atoms with van der Waals surface area (Å²) < 4.78 is 6.76. The summed E-state index contributed by atoms with van der Waals surface area (Å²) in [6, 6.07) is 13.3. The molecule has 6 heteroatoms. The van der Waals surface area contributed by atoms with Crippen LogP contribution in [0.4, 0.5) is 0 Å². The molecule has 0 amide bonds. The third-order valence-electron chi connectivity index (χ3n) is 5.31. The van der Waals surface area contributed by atoms with Crippen LogP contribution in [-0.2, 0) is 17.8 Å². The van der Waals surface area contributed by atoms with Crippen LogP contribution in [-0.4, -0.2) is 35.6 Å². The highest BCUT2D eigenvalue weighted by atomic mass is 35.5. The van der Waals surface area contributed by atoms with E-state index in [4.69, 9.17) is 4.74 Å². The second-order valence-corrected chi connectivity index (χ2v) is 7.08. The number of halogens is 1. The number of benzene rings is 1. The van der Waals surface area contributed by atoms with Crippen molar-refractivity contribution in [2.75, 3.05) is 20.2 Å². The Bertz CT molecular complexity index is 864. The molecule has 2 atom stereocenters. The highest BCUT2D eigenvalue weighted by Gasteiger charge is 2.34. The van der Waals surface area contributed by atoms with E-state index in [0.717, 1.165) is 43.9 Å². The number of rotatable bonds is 3. The topological polar surface area (TPSA) is 51.5 Å². The number of ether oxygens (including phenoxy) is 1. The molecular formula is C20H23ClN2O3.